The van der Waals surface area contributed by atoms with Crippen LogP contribution >= 0.6 is 11.6 Å². The summed E-state index contributed by atoms with van der Waals surface area (Å²) in [5.41, 5.74) is 9.00. The molecule has 0 bridgehead atoms. The molecule has 0 spiro atoms. The molecule has 0 radical (unpaired) electrons. The van der Waals surface area contributed by atoms with E-state index in [1.165, 1.54) is 49.6 Å². The Hall–Kier alpha value is -4.81. The Bertz CT molecular complexity index is 1680. The maximum absolute atomic E-state index is 14.8. The van der Waals surface area contributed by atoms with Crippen molar-refractivity contribution in [2.24, 2.45) is 5.73 Å². The highest BCUT2D eigenvalue weighted by Gasteiger charge is 2.33. The molecule has 5 N–H and O–H groups in total. The van der Waals surface area contributed by atoms with Gasteiger partial charge in [0.25, 0.3) is 5.91 Å². The van der Waals surface area contributed by atoms with E-state index in [0.29, 0.717) is 0 Å². The third-order valence-electron chi connectivity index (χ3n) is 5.85. The lowest BCUT2D eigenvalue weighted by molar-refractivity contribution is -0.150. The number of halogens is 3. The van der Waals surface area contributed by atoms with Crippen molar-refractivity contribution in [3.63, 3.8) is 0 Å². The molecule has 2 aromatic carbocycles. The molecule has 4 aromatic rings. The standard InChI is InChI=1S/C27H22ClF2N5O5/c1-27(32,26(38)39-2)35-12-17(14-3-5-15(29)6-4-14)23(36)18(13-35)25(37)34-16-7-8-20(19(30)11-16)40-21-9-10-33-24(31)22(21)28/h3-13H,32H2,1-2H3,(H2,31,33)(H,34,37)/t27-/m1/s1. The van der Waals surface area contributed by atoms with Crippen LogP contribution in [0.3, 0.4) is 0 Å². The number of nitrogen functional groups attached to an aromatic ring is 1. The van der Waals surface area contributed by atoms with Gasteiger partial charge in [-0.15, -0.1) is 0 Å². The van der Waals surface area contributed by atoms with Crippen LogP contribution in [-0.2, 0) is 15.2 Å². The smallest absolute Gasteiger partial charge is 0.346 e. The first-order valence-electron chi connectivity index (χ1n) is 11.5. The number of carbonyl (C=O) groups is 2. The third-order valence-corrected chi connectivity index (χ3v) is 6.23. The van der Waals surface area contributed by atoms with Crippen LogP contribution in [0.4, 0.5) is 20.3 Å². The number of hydrogen-bond acceptors (Lipinski definition) is 8. The van der Waals surface area contributed by atoms with Crippen LogP contribution < -0.4 is 26.9 Å². The first-order valence-corrected chi connectivity index (χ1v) is 11.9. The molecule has 0 saturated heterocycles. The van der Waals surface area contributed by atoms with Crippen LogP contribution in [0.1, 0.15) is 17.3 Å². The van der Waals surface area contributed by atoms with E-state index in [2.05, 4.69) is 10.3 Å². The van der Waals surface area contributed by atoms with Gasteiger partial charge in [-0.3, -0.25) is 15.3 Å². The molecule has 0 fully saturated rings. The Kier molecular flexibility index (Phi) is 7.84. The number of nitrogens with one attached hydrogen (secondary N) is 1. The van der Waals surface area contributed by atoms with E-state index >= 15 is 0 Å². The first-order chi connectivity index (χ1) is 18.9. The number of amides is 1. The number of ether oxygens (including phenoxy) is 2. The number of benzene rings is 2. The number of hydrogen-bond donors (Lipinski definition) is 3. The largest absolute Gasteiger partial charge is 0.466 e. The quantitative estimate of drug-likeness (QED) is 0.279. The van der Waals surface area contributed by atoms with Gasteiger partial charge in [-0.2, -0.15) is 0 Å². The molecule has 1 amide bonds. The zero-order valence-electron chi connectivity index (χ0n) is 21.1. The van der Waals surface area contributed by atoms with Gasteiger partial charge in [0.2, 0.25) is 5.43 Å². The number of anilines is 2. The van der Waals surface area contributed by atoms with Crippen LogP contribution in [0.2, 0.25) is 5.02 Å². The van der Waals surface area contributed by atoms with E-state index in [4.69, 9.17) is 32.5 Å². The minimum absolute atomic E-state index is 0.00207. The van der Waals surface area contributed by atoms with Gasteiger partial charge >= 0.3 is 5.97 Å². The van der Waals surface area contributed by atoms with Crippen LogP contribution in [0.25, 0.3) is 11.1 Å². The topological polar surface area (TPSA) is 152 Å². The molecule has 10 nitrogen and oxygen atoms in total. The van der Waals surface area contributed by atoms with E-state index in [1.54, 1.807) is 0 Å². The minimum atomic E-state index is -1.82. The second-order valence-electron chi connectivity index (χ2n) is 8.68. The van der Waals surface area contributed by atoms with Gasteiger partial charge in [-0.25, -0.2) is 18.6 Å². The molecular weight excluding hydrogens is 548 g/mol. The lowest BCUT2D eigenvalue weighted by Gasteiger charge is -2.26. The van der Waals surface area contributed by atoms with Crippen LogP contribution in [0, 0.1) is 11.6 Å². The fourth-order valence-electron chi connectivity index (χ4n) is 3.65. The summed E-state index contributed by atoms with van der Waals surface area (Å²) in [5, 5.41) is 2.44. The molecular formula is C27H22ClF2N5O5. The molecule has 0 aliphatic carbocycles. The monoisotopic (exact) mass is 569 g/mol. The molecule has 2 heterocycles. The SMILES string of the molecule is COC(=O)[C@](C)(N)n1cc(C(=O)Nc2ccc(Oc3ccnc(N)c3Cl)c(F)c2)c(=O)c(-c2ccc(F)cc2)c1. The molecule has 13 heteroatoms. The lowest BCUT2D eigenvalue weighted by Crippen LogP contribution is -2.49. The summed E-state index contributed by atoms with van der Waals surface area (Å²) in [5.74, 6) is -3.34. The van der Waals surface area contributed by atoms with Gasteiger partial charge in [-0.1, -0.05) is 23.7 Å². The molecule has 2 aromatic heterocycles. The van der Waals surface area contributed by atoms with Crippen LogP contribution in [0.15, 0.2) is 71.9 Å². The summed E-state index contributed by atoms with van der Waals surface area (Å²) >= 11 is 6.04. The Balaban J connectivity index is 1.70. The van der Waals surface area contributed by atoms with Crippen molar-refractivity contribution in [1.82, 2.24) is 9.55 Å². The van der Waals surface area contributed by atoms with Gasteiger partial charge in [0.15, 0.2) is 23.0 Å². The van der Waals surface area contributed by atoms with E-state index in [9.17, 15) is 23.2 Å². The highest BCUT2D eigenvalue weighted by atomic mass is 35.5. The van der Waals surface area contributed by atoms with E-state index in [-0.39, 0.29) is 39.2 Å². The predicted molar refractivity (Wildman–Crippen MR) is 144 cm³/mol. The number of aromatic nitrogens is 2. The molecule has 0 unspecified atom stereocenters. The van der Waals surface area contributed by atoms with E-state index in [1.807, 2.05) is 0 Å². The van der Waals surface area contributed by atoms with Crippen molar-refractivity contribution in [3.05, 3.63) is 99.6 Å². The highest BCUT2D eigenvalue weighted by Crippen LogP contribution is 2.34. The number of methoxy groups -OCH3 is 1. The summed E-state index contributed by atoms with van der Waals surface area (Å²) in [4.78, 5) is 42.7. The van der Waals surface area contributed by atoms with E-state index < -0.39 is 40.2 Å². The Labute approximate surface area is 231 Å². The van der Waals surface area contributed by atoms with E-state index in [0.717, 1.165) is 36.1 Å². The molecule has 0 saturated carbocycles. The molecule has 4 rings (SSSR count). The predicted octanol–water partition coefficient (Wildman–Crippen LogP) is 4.27. The maximum Gasteiger partial charge on any atom is 0.346 e. The summed E-state index contributed by atoms with van der Waals surface area (Å²) in [6.07, 6.45) is 3.67. The summed E-state index contributed by atoms with van der Waals surface area (Å²) < 4.78 is 39.7. The van der Waals surface area contributed by atoms with Crippen molar-refractivity contribution >= 4 is 35.0 Å². The Morgan fingerprint density at radius 3 is 2.42 bits per heavy atom. The van der Waals surface area contributed by atoms with Gasteiger partial charge in [-0.05, 0) is 36.8 Å². The first kappa shape index (κ1) is 28.2. The number of pyridine rings is 2. The van der Waals surface area contributed by atoms with Crippen molar-refractivity contribution in [3.8, 4) is 22.6 Å². The maximum atomic E-state index is 14.8. The van der Waals surface area contributed by atoms with Gasteiger partial charge in [0.1, 0.15) is 22.2 Å². The average Bonchev–Trinajstić information content (AvgIpc) is 2.92. The number of nitrogens with zero attached hydrogens (tertiary/aromatic N) is 2. The second kappa shape index (κ2) is 11.1. The van der Waals surface area contributed by atoms with Gasteiger partial charge in [0.05, 0.1) is 7.11 Å². The lowest BCUT2D eigenvalue weighted by atomic mass is 10.0. The fraction of sp³-hybridized carbons (Fsp3) is 0.111. The van der Waals surface area contributed by atoms with Crippen LogP contribution in [-0.4, -0.2) is 28.5 Å². The zero-order chi connectivity index (χ0) is 29.2. The molecule has 40 heavy (non-hydrogen) atoms. The van der Waals surface area contributed by atoms with Crippen molar-refractivity contribution < 1.29 is 27.8 Å². The zero-order valence-corrected chi connectivity index (χ0v) is 21.8. The Morgan fingerprint density at radius 2 is 1.77 bits per heavy atom. The number of esters is 1. The summed E-state index contributed by atoms with van der Waals surface area (Å²) in [7, 11) is 1.13. The van der Waals surface area contributed by atoms with Crippen molar-refractivity contribution in [2.45, 2.75) is 12.6 Å². The summed E-state index contributed by atoms with van der Waals surface area (Å²) in [6.45, 7) is 1.32. The molecule has 1 atom stereocenters. The number of rotatable bonds is 7. The summed E-state index contributed by atoms with van der Waals surface area (Å²) in [6, 6.07) is 9.86. The molecule has 206 valence electrons. The number of carbonyl (C=O) groups excluding carboxylic acids is 2. The molecule has 0 aliphatic heterocycles. The van der Waals surface area contributed by atoms with Crippen LogP contribution in [0.5, 0.6) is 11.5 Å². The average molecular weight is 570 g/mol. The van der Waals surface area contributed by atoms with Crippen molar-refractivity contribution in [2.75, 3.05) is 18.2 Å². The molecule has 0 aliphatic rings. The minimum Gasteiger partial charge on any atom is -0.466 e. The fourth-order valence-corrected chi connectivity index (χ4v) is 3.80. The normalized spacial score (nSPS) is 12.3. The van der Waals surface area contributed by atoms with Gasteiger partial charge < -0.3 is 25.1 Å². The third kappa shape index (κ3) is 5.63. The highest BCUT2D eigenvalue weighted by molar-refractivity contribution is 6.34. The Morgan fingerprint density at radius 1 is 1.07 bits per heavy atom. The van der Waals surface area contributed by atoms with Gasteiger partial charge in [0, 0.05) is 42.0 Å². The van der Waals surface area contributed by atoms with Crippen molar-refractivity contribution in [1.29, 1.82) is 0 Å². The second-order valence-corrected chi connectivity index (χ2v) is 9.06. The number of nitrogens with two attached hydrogens (primary N) is 2.